The third-order valence-corrected chi connectivity index (χ3v) is 9.02. The summed E-state index contributed by atoms with van der Waals surface area (Å²) in [5.74, 6) is 2.33. The van der Waals surface area contributed by atoms with E-state index in [4.69, 9.17) is 9.97 Å². The molecule has 0 radical (unpaired) electrons. The SMILES string of the molecule is CCC(=O)CCCCC[C@H](NC(=O)[C@H]1CC12CCN(C)CC2)c1ncc(-c2ccc3nc(N(C)C)ccc3c2)[nH]1. The van der Waals surface area contributed by atoms with Crippen LogP contribution >= 0.6 is 0 Å². The number of Topliss-reactive ketones (excluding diaryl/α,β-unsaturated/α-hetero) is 1. The van der Waals surface area contributed by atoms with Crippen molar-refractivity contribution in [1.29, 1.82) is 0 Å². The van der Waals surface area contributed by atoms with Gasteiger partial charge in [0, 0.05) is 43.8 Å². The van der Waals surface area contributed by atoms with E-state index in [2.05, 4.69) is 40.4 Å². The summed E-state index contributed by atoms with van der Waals surface area (Å²) >= 11 is 0. The number of carbonyl (C=O) groups is 2. The largest absolute Gasteiger partial charge is 0.363 e. The van der Waals surface area contributed by atoms with Crippen LogP contribution in [0, 0.1) is 11.3 Å². The van der Waals surface area contributed by atoms with Gasteiger partial charge in [-0.05, 0) is 81.9 Å². The fourth-order valence-corrected chi connectivity index (χ4v) is 6.10. The quantitative estimate of drug-likeness (QED) is 0.292. The monoisotopic (exact) mass is 544 g/mol. The smallest absolute Gasteiger partial charge is 0.224 e. The van der Waals surface area contributed by atoms with Gasteiger partial charge < -0.3 is 20.1 Å². The zero-order chi connectivity index (χ0) is 28.3. The van der Waals surface area contributed by atoms with E-state index in [-0.39, 0.29) is 23.3 Å². The van der Waals surface area contributed by atoms with Crippen molar-refractivity contribution in [2.24, 2.45) is 11.3 Å². The van der Waals surface area contributed by atoms with Gasteiger partial charge in [-0.3, -0.25) is 9.59 Å². The van der Waals surface area contributed by atoms with Crippen molar-refractivity contribution in [3.05, 3.63) is 42.4 Å². The molecule has 5 rings (SSSR count). The number of anilines is 1. The maximum atomic E-state index is 13.4. The van der Waals surface area contributed by atoms with Crippen LogP contribution in [0.5, 0.6) is 0 Å². The predicted octanol–water partition coefficient (Wildman–Crippen LogP) is 5.51. The van der Waals surface area contributed by atoms with Gasteiger partial charge in [-0.1, -0.05) is 25.8 Å². The van der Waals surface area contributed by atoms with Gasteiger partial charge in [0.1, 0.15) is 17.4 Å². The second-order valence-electron chi connectivity index (χ2n) is 12.1. The Kier molecular flexibility index (Phi) is 8.54. The van der Waals surface area contributed by atoms with Crippen molar-refractivity contribution in [2.45, 2.75) is 70.8 Å². The van der Waals surface area contributed by atoms with Crippen molar-refractivity contribution in [2.75, 3.05) is 39.1 Å². The van der Waals surface area contributed by atoms with Crippen molar-refractivity contribution in [3.8, 4) is 11.3 Å². The highest BCUT2D eigenvalue weighted by molar-refractivity contribution is 5.85. The number of nitrogens with one attached hydrogen (secondary N) is 2. The van der Waals surface area contributed by atoms with Crippen molar-refractivity contribution >= 4 is 28.4 Å². The number of ketones is 1. The van der Waals surface area contributed by atoms with E-state index in [1.807, 2.05) is 44.2 Å². The molecular weight excluding hydrogens is 500 g/mol. The van der Waals surface area contributed by atoms with E-state index in [9.17, 15) is 9.59 Å². The molecule has 1 amide bonds. The van der Waals surface area contributed by atoms with Gasteiger partial charge in [-0.2, -0.15) is 0 Å². The lowest BCUT2D eigenvalue weighted by Gasteiger charge is -2.30. The van der Waals surface area contributed by atoms with Crippen LogP contribution in [0.25, 0.3) is 22.2 Å². The number of benzene rings is 1. The topological polar surface area (TPSA) is 94.2 Å². The van der Waals surface area contributed by atoms with E-state index in [0.717, 1.165) is 91.8 Å². The van der Waals surface area contributed by atoms with E-state index < -0.39 is 0 Å². The number of pyridine rings is 1. The minimum atomic E-state index is -0.170. The molecule has 40 heavy (non-hydrogen) atoms. The van der Waals surface area contributed by atoms with Crippen LogP contribution in [0.15, 0.2) is 36.5 Å². The van der Waals surface area contributed by atoms with Crippen LogP contribution in [0.3, 0.4) is 0 Å². The molecule has 1 saturated carbocycles. The van der Waals surface area contributed by atoms with E-state index in [1.165, 1.54) is 0 Å². The lowest BCUT2D eigenvalue weighted by atomic mass is 9.91. The summed E-state index contributed by atoms with van der Waals surface area (Å²) in [6.45, 7) is 4.07. The molecular formula is C32H44N6O2. The number of imidazole rings is 1. The first kappa shape index (κ1) is 28.3. The Morgan fingerprint density at radius 2 is 1.95 bits per heavy atom. The number of aromatic amines is 1. The number of rotatable bonds is 12. The minimum absolute atomic E-state index is 0.111. The zero-order valence-corrected chi connectivity index (χ0v) is 24.5. The normalized spacial score (nSPS) is 19.1. The van der Waals surface area contributed by atoms with Gasteiger partial charge in [0.2, 0.25) is 5.91 Å². The highest BCUT2D eigenvalue weighted by Crippen LogP contribution is 2.59. The lowest BCUT2D eigenvalue weighted by Crippen LogP contribution is -2.36. The molecule has 2 N–H and O–H groups in total. The molecule has 8 heteroatoms. The standard InChI is InChI=1S/C32H44N6O2/c1-5-24(39)9-7-6-8-10-27(36-31(40)25-20-32(25)15-17-38(4)18-16-32)30-33-21-28(35-30)23-11-13-26-22(19-23)12-14-29(34-26)37(2)3/h11-14,19,21,25,27H,5-10,15-18,20H2,1-4H3,(H,33,35)(H,36,40)/t25-,27+/m1/s1. The van der Waals surface area contributed by atoms with E-state index in [1.54, 1.807) is 0 Å². The summed E-state index contributed by atoms with van der Waals surface area (Å²) in [5, 5.41) is 4.44. The highest BCUT2D eigenvalue weighted by Gasteiger charge is 2.58. The Morgan fingerprint density at radius 1 is 1.15 bits per heavy atom. The van der Waals surface area contributed by atoms with Crippen molar-refractivity contribution in [3.63, 3.8) is 0 Å². The first-order valence-corrected chi connectivity index (χ1v) is 14.9. The van der Waals surface area contributed by atoms with Crippen LogP contribution in [-0.2, 0) is 9.59 Å². The van der Waals surface area contributed by atoms with Crippen LogP contribution in [0.2, 0.25) is 0 Å². The molecule has 3 aromatic rings. The summed E-state index contributed by atoms with van der Waals surface area (Å²) in [6.07, 6.45) is 9.94. The van der Waals surface area contributed by atoms with Crippen molar-refractivity contribution in [1.82, 2.24) is 25.2 Å². The predicted molar refractivity (Wildman–Crippen MR) is 160 cm³/mol. The average Bonchev–Trinajstić information content (AvgIpc) is 3.43. The van der Waals surface area contributed by atoms with Crippen LogP contribution in [0.4, 0.5) is 5.82 Å². The molecule has 3 heterocycles. The fraction of sp³-hybridized carbons (Fsp3) is 0.562. The van der Waals surface area contributed by atoms with Crippen LogP contribution in [-0.4, -0.2) is 65.8 Å². The molecule has 1 spiro atoms. The van der Waals surface area contributed by atoms with Gasteiger partial charge >= 0.3 is 0 Å². The van der Waals surface area contributed by atoms with Crippen LogP contribution < -0.4 is 10.2 Å². The number of fused-ring (bicyclic) bond motifs is 1. The Bertz CT molecular complexity index is 1340. The third-order valence-electron chi connectivity index (χ3n) is 9.02. The maximum Gasteiger partial charge on any atom is 0.224 e. The molecule has 1 aliphatic heterocycles. The number of carbonyl (C=O) groups excluding carboxylic acids is 2. The van der Waals surface area contributed by atoms with Gasteiger partial charge in [0.05, 0.1) is 23.4 Å². The molecule has 2 atom stereocenters. The first-order valence-electron chi connectivity index (χ1n) is 14.9. The molecule has 0 bridgehead atoms. The summed E-state index contributed by atoms with van der Waals surface area (Å²) in [6, 6.07) is 10.2. The molecule has 2 aliphatic rings. The molecule has 1 aliphatic carbocycles. The second kappa shape index (κ2) is 12.1. The van der Waals surface area contributed by atoms with Gasteiger partial charge in [0.25, 0.3) is 0 Å². The maximum absolute atomic E-state index is 13.4. The third kappa shape index (κ3) is 6.38. The summed E-state index contributed by atoms with van der Waals surface area (Å²) < 4.78 is 0. The zero-order valence-electron chi connectivity index (χ0n) is 24.5. The Balaban J connectivity index is 1.29. The Hall–Kier alpha value is -3.26. The molecule has 2 fully saturated rings. The molecule has 214 valence electrons. The number of amides is 1. The molecule has 0 unspecified atom stereocenters. The molecule has 1 aromatic carbocycles. The summed E-state index contributed by atoms with van der Waals surface area (Å²) in [5.41, 5.74) is 3.12. The number of piperidine rings is 1. The number of H-pyrrole nitrogens is 1. The van der Waals surface area contributed by atoms with Crippen molar-refractivity contribution < 1.29 is 9.59 Å². The fourth-order valence-electron chi connectivity index (χ4n) is 6.10. The number of hydrogen-bond donors (Lipinski definition) is 2. The number of likely N-dealkylation sites (tertiary alicyclic amines) is 1. The first-order chi connectivity index (χ1) is 19.3. The highest BCUT2D eigenvalue weighted by atomic mass is 16.2. The molecule has 1 saturated heterocycles. The molecule has 8 nitrogen and oxygen atoms in total. The van der Waals surface area contributed by atoms with Crippen LogP contribution in [0.1, 0.15) is 76.6 Å². The number of unbranched alkanes of at least 4 members (excludes halogenated alkanes) is 2. The van der Waals surface area contributed by atoms with Gasteiger partial charge in [-0.15, -0.1) is 0 Å². The Morgan fingerprint density at radius 3 is 2.70 bits per heavy atom. The number of hydrogen-bond acceptors (Lipinski definition) is 6. The van der Waals surface area contributed by atoms with Gasteiger partial charge in [-0.25, -0.2) is 9.97 Å². The minimum Gasteiger partial charge on any atom is -0.363 e. The van der Waals surface area contributed by atoms with Gasteiger partial charge in [0.15, 0.2) is 0 Å². The average molecular weight is 545 g/mol. The molecule has 2 aromatic heterocycles. The van der Waals surface area contributed by atoms with E-state index >= 15 is 0 Å². The second-order valence-corrected chi connectivity index (χ2v) is 12.1. The lowest BCUT2D eigenvalue weighted by molar-refractivity contribution is -0.124. The number of aromatic nitrogens is 3. The summed E-state index contributed by atoms with van der Waals surface area (Å²) in [7, 11) is 6.15. The number of nitrogens with zero attached hydrogens (tertiary/aromatic N) is 4. The Labute approximate surface area is 237 Å². The van der Waals surface area contributed by atoms with E-state index in [0.29, 0.717) is 18.6 Å². The summed E-state index contributed by atoms with van der Waals surface area (Å²) in [4.78, 5) is 42.5.